The Morgan fingerprint density at radius 3 is 2.90 bits per heavy atom. The third-order valence-corrected chi connectivity index (χ3v) is 5.44. The molecule has 21 heavy (non-hydrogen) atoms. The van der Waals surface area contributed by atoms with Crippen LogP contribution in [0.2, 0.25) is 0 Å². The molecule has 1 atom stereocenters. The Morgan fingerprint density at radius 2 is 2.14 bits per heavy atom. The van der Waals surface area contributed by atoms with E-state index < -0.39 is 0 Å². The summed E-state index contributed by atoms with van der Waals surface area (Å²) in [5.74, 6) is 1.95. The number of H-pyrrole nitrogens is 1. The molecule has 0 aliphatic heterocycles. The summed E-state index contributed by atoms with van der Waals surface area (Å²) >= 11 is 9.02. The van der Waals surface area contributed by atoms with E-state index in [-0.39, 0.29) is 0 Å². The number of nitrogens with zero attached hydrogens (tertiary/aromatic N) is 1. The van der Waals surface area contributed by atoms with Gasteiger partial charge in [0.15, 0.2) is 0 Å². The molecule has 110 valence electrons. The highest BCUT2D eigenvalue weighted by molar-refractivity contribution is 9.10. The summed E-state index contributed by atoms with van der Waals surface area (Å²) in [7, 11) is 0. The smallest absolute Gasteiger partial charge is 0.144 e. The number of benzene rings is 1. The van der Waals surface area contributed by atoms with E-state index in [0.29, 0.717) is 16.5 Å². The normalized spacial score (nSPS) is 17.2. The highest BCUT2D eigenvalue weighted by atomic mass is 79.9. The van der Waals surface area contributed by atoms with Gasteiger partial charge in [-0.2, -0.15) is 0 Å². The molecular weight excluding hydrogens is 344 g/mol. The number of aryl methyl sites for hydroxylation is 1. The van der Waals surface area contributed by atoms with Crippen LogP contribution in [0.4, 0.5) is 0 Å². The van der Waals surface area contributed by atoms with E-state index in [4.69, 9.17) is 12.2 Å². The molecule has 1 aliphatic carbocycles. The van der Waals surface area contributed by atoms with Crippen molar-refractivity contribution in [1.82, 2.24) is 9.97 Å². The van der Waals surface area contributed by atoms with E-state index in [1.54, 1.807) is 0 Å². The van der Waals surface area contributed by atoms with Crippen LogP contribution in [-0.4, -0.2) is 9.97 Å². The van der Waals surface area contributed by atoms with Crippen molar-refractivity contribution in [2.45, 2.75) is 39.0 Å². The number of nitrogens with one attached hydrogen (secondary N) is 1. The zero-order valence-corrected chi connectivity index (χ0v) is 14.7. The fourth-order valence-electron chi connectivity index (χ4n) is 3.08. The maximum absolute atomic E-state index is 5.44. The zero-order valence-electron chi connectivity index (χ0n) is 12.3. The fourth-order valence-corrected chi connectivity index (χ4v) is 3.65. The quantitative estimate of drug-likeness (QED) is 0.762. The lowest BCUT2D eigenvalue weighted by atomic mass is 10.00. The predicted octanol–water partition coefficient (Wildman–Crippen LogP) is 5.18. The Labute approximate surface area is 139 Å². The molecule has 1 aromatic heterocycles. The Kier molecular flexibility index (Phi) is 4.27. The monoisotopic (exact) mass is 362 g/mol. The molecule has 1 unspecified atom stereocenters. The van der Waals surface area contributed by atoms with Gasteiger partial charge in [-0.3, -0.25) is 0 Å². The van der Waals surface area contributed by atoms with Gasteiger partial charge in [-0.15, -0.1) is 0 Å². The molecule has 0 saturated carbocycles. The highest BCUT2D eigenvalue weighted by Crippen LogP contribution is 2.37. The lowest BCUT2D eigenvalue weighted by Crippen LogP contribution is -2.08. The summed E-state index contributed by atoms with van der Waals surface area (Å²) < 4.78 is 1.62. The molecule has 0 amide bonds. The van der Waals surface area contributed by atoms with Gasteiger partial charge in [-0.05, 0) is 52.2 Å². The number of rotatable bonds is 3. The minimum atomic E-state index is 0.349. The highest BCUT2D eigenvalue weighted by Gasteiger charge is 2.26. The van der Waals surface area contributed by atoms with Gasteiger partial charge in [0.1, 0.15) is 10.5 Å². The number of halogens is 1. The molecular formula is C17H19BrN2S. The van der Waals surface area contributed by atoms with Gasteiger partial charge < -0.3 is 4.98 Å². The molecule has 1 N–H and O–H groups in total. The largest absolute Gasteiger partial charge is 0.346 e. The van der Waals surface area contributed by atoms with Crippen molar-refractivity contribution in [3.63, 3.8) is 0 Å². The van der Waals surface area contributed by atoms with Crippen LogP contribution >= 0.6 is 28.1 Å². The lowest BCUT2D eigenvalue weighted by molar-refractivity contribution is 0.620. The van der Waals surface area contributed by atoms with Gasteiger partial charge >= 0.3 is 0 Å². The minimum absolute atomic E-state index is 0.349. The van der Waals surface area contributed by atoms with Gasteiger partial charge in [-0.25, -0.2) is 4.98 Å². The molecule has 1 heterocycles. The molecule has 2 nitrogen and oxygen atoms in total. The molecule has 1 aromatic carbocycles. The Bertz CT molecular complexity index is 721. The summed E-state index contributed by atoms with van der Waals surface area (Å²) in [6.45, 7) is 4.43. The van der Waals surface area contributed by atoms with E-state index in [1.165, 1.54) is 16.8 Å². The first kappa shape index (κ1) is 14.9. The van der Waals surface area contributed by atoms with Gasteiger partial charge in [-0.1, -0.05) is 50.3 Å². The van der Waals surface area contributed by atoms with E-state index in [0.717, 1.165) is 29.6 Å². The standard InChI is InChI=1S/C17H19BrN2S/c1-10(2)9-14-15(18)17(21)20-16(19-14)13-8-7-11-5-3-4-6-12(11)13/h3-6,10,13H,7-9H2,1-2H3,(H,19,20,21). The lowest BCUT2D eigenvalue weighted by Gasteiger charge is -2.15. The van der Waals surface area contributed by atoms with Crippen LogP contribution < -0.4 is 0 Å². The number of aromatic amines is 1. The molecule has 3 rings (SSSR count). The van der Waals surface area contributed by atoms with Crippen LogP contribution in [0.25, 0.3) is 0 Å². The topological polar surface area (TPSA) is 28.7 Å². The Balaban J connectivity index is 2.04. The maximum atomic E-state index is 5.44. The van der Waals surface area contributed by atoms with Gasteiger partial charge in [0.05, 0.1) is 4.47 Å². The second kappa shape index (κ2) is 6.01. The summed E-state index contributed by atoms with van der Waals surface area (Å²) in [6, 6.07) is 8.66. The van der Waals surface area contributed by atoms with E-state index >= 15 is 0 Å². The van der Waals surface area contributed by atoms with Crippen LogP contribution in [-0.2, 0) is 12.8 Å². The van der Waals surface area contributed by atoms with E-state index in [2.05, 4.69) is 64.0 Å². The second-order valence-corrected chi connectivity index (χ2v) is 7.29. The summed E-state index contributed by atoms with van der Waals surface area (Å²) in [5, 5.41) is 0. The molecule has 0 saturated heterocycles. The first-order valence-corrected chi connectivity index (χ1v) is 8.62. The molecule has 2 aromatic rings. The van der Waals surface area contributed by atoms with E-state index in [1.807, 2.05) is 0 Å². The first-order valence-electron chi connectivity index (χ1n) is 7.42. The van der Waals surface area contributed by atoms with Crippen LogP contribution in [0, 0.1) is 10.6 Å². The Morgan fingerprint density at radius 1 is 1.38 bits per heavy atom. The van der Waals surface area contributed by atoms with Crippen LogP contribution in [0.5, 0.6) is 0 Å². The molecule has 4 heteroatoms. The second-order valence-electron chi connectivity index (χ2n) is 6.11. The Hall–Kier alpha value is -1.00. The van der Waals surface area contributed by atoms with Crippen LogP contribution in [0.1, 0.15) is 48.8 Å². The van der Waals surface area contributed by atoms with Crippen molar-refractivity contribution in [3.05, 3.63) is 56.0 Å². The van der Waals surface area contributed by atoms with Crippen molar-refractivity contribution in [3.8, 4) is 0 Å². The predicted molar refractivity (Wildman–Crippen MR) is 92.3 cm³/mol. The molecule has 1 aliphatic rings. The summed E-state index contributed by atoms with van der Waals surface area (Å²) in [6.07, 6.45) is 3.22. The van der Waals surface area contributed by atoms with Crippen molar-refractivity contribution >= 4 is 28.1 Å². The zero-order chi connectivity index (χ0) is 15.0. The number of aromatic nitrogens is 2. The van der Waals surface area contributed by atoms with Crippen molar-refractivity contribution in [2.24, 2.45) is 5.92 Å². The van der Waals surface area contributed by atoms with Gasteiger partial charge in [0, 0.05) is 11.6 Å². The number of hydrogen-bond acceptors (Lipinski definition) is 2. The van der Waals surface area contributed by atoms with Crippen molar-refractivity contribution in [1.29, 1.82) is 0 Å². The molecule has 0 radical (unpaired) electrons. The summed E-state index contributed by atoms with van der Waals surface area (Å²) in [5.41, 5.74) is 4.01. The number of fused-ring (bicyclic) bond motifs is 1. The average Bonchev–Trinajstić information content (AvgIpc) is 2.87. The number of hydrogen-bond donors (Lipinski definition) is 1. The van der Waals surface area contributed by atoms with Crippen LogP contribution in [0.3, 0.4) is 0 Å². The molecule has 0 bridgehead atoms. The first-order chi connectivity index (χ1) is 10.1. The third kappa shape index (κ3) is 2.97. The maximum Gasteiger partial charge on any atom is 0.144 e. The third-order valence-electron chi connectivity index (χ3n) is 4.03. The average molecular weight is 363 g/mol. The summed E-state index contributed by atoms with van der Waals surface area (Å²) in [4.78, 5) is 8.18. The molecule has 0 spiro atoms. The van der Waals surface area contributed by atoms with Gasteiger partial charge in [0.2, 0.25) is 0 Å². The minimum Gasteiger partial charge on any atom is -0.346 e. The van der Waals surface area contributed by atoms with Crippen molar-refractivity contribution < 1.29 is 0 Å². The van der Waals surface area contributed by atoms with E-state index in [9.17, 15) is 0 Å². The van der Waals surface area contributed by atoms with Crippen LogP contribution in [0.15, 0.2) is 28.7 Å². The SMILES string of the molecule is CC(C)Cc1[nH]c(C2CCc3ccccc32)nc(=S)c1Br. The fraction of sp³-hybridized carbons (Fsp3) is 0.412. The van der Waals surface area contributed by atoms with Crippen molar-refractivity contribution in [2.75, 3.05) is 0 Å². The molecule has 0 fully saturated rings. The van der Waals surface area contributed by atoms with Gasteiger partial charge in [0.25, 0.3) is 0 Å².